The summed E-state index contributed by atoms with van der Waals surface area (Å²) in [6, 6.07) is 14.8. The van der Waals surface area contributed by atoms with Gasteiger partial charge in [-0.25, -0.2) is 0 Å². The molecule has 0 unspecified atom stereocenters. The predicted octanol–water partition coefficient (Wildman–Crippen LogP) is 3.71. The van der Waals surface area contributed by atoms with Crippen LogP contribution in [0.4, 0.5) is 5.69 Å². The molecule has 0 aliphatic rings. The van der Waals surface area contributed by atoms with Crippen LogP contribution in [0.1, 0.15) is 28.4 Å². The first-order chi connectivity index (χ1) is 10.2. The molecule has 0 heterocycles. The summed E-state index contributed by atoms with van der Waals surface area (Å²) < 4.78 is 0. The third-order valence-electron chi connectivity index (χ3n) is 3.08. The molecule has 2 rings (SSSR count). The van der Waals surface area contributed by atoms with E-state index in [1.807, 2.05) is 49.4 Å². The third kappa shape index (κ3) is 3.89. The van der Waals surface area contributed by atoms with Gasteiger partial charge in [-0.15, -0.1) is 0 Å². The van der Waals surface area contributed by atoms with E-state index in [1.165, 1.54) is 0 Å². The number of benzene rings is 2. The van der Waals surface area contributed by atoms with Crippen molar-refractivity contribution in [3.63, 3.8) is 0 Å². The molecule has 0 saturated heterocycles. The summed E-state index contributed by atoms with van der Waals surface area (Å²) in [4.78, 5) is 23.2. The number of allylic oxidation sites excluding steroid dienone is 1. The van der Waals surface area contributed by atoms with Gasteiger partial charge in [0, 0.05) is 16.8 Å². The van der Waals surface area contributed by atoms with Gasteiger partial charge in [0.1, 0.15) is 0 Å². The van der Waals surface area contributed by atoms with Crippen LogP contribution in [0, 0.1) is 0 Å². The first-order valence-corrected chi connectivity index (χ1v) is 6.79. The van der Waals surface area contributed by atoms with Crippen LogP contribution >= 0.6 is 0 Å². The highest BCUT2D eigenvalue weighted by atomic mass is 16.1. The van der Waals surface area contributed by atoms with Crippen LogP contribution in [0.3, 0.4) is 0 Å². The predicted molar refractivity (Wildman–Crippen MR) is 85.3 cm³/mol. The monoisotopic (exact) mass is 279 g/mol. The number of carbonyl (C=O) groups excluding carboxylic acids is 2. The maximum atomic E-state index is 12.1. The Hall–Kier alpha value is -2.68. The van der Waals surface area contributed by atoms with Gasteiger partial charge in [0.25, 0.3) is 0 Å². The zero-order valence-electron chi connectivity index (χ0n) is 11.9. The number of hydrogen-bond acceptors (Lipinski definition) is 2. The molecule has 0 atom stereocenters. The molecule has 106 valence electrons. The zero-order valence-corrected chi connectivity index (χ0v) is 11.9. The minimum Gasteiger partial charge on any atom is -0.325 e. The molecule has 0 aromatic heterocycles. The maximum Gasteiger partial charge on any atom is 0.228 e. The second kappa shape index (κ2) is 7.20. The van der Waals surface area contributed by atoms with Crippen molar-refractivity contribution in [2.75, 3.05) is 5.32 Å². The fourth-order valence-corrected chi connectivity index (χ4v) is 2.12. The van der Waals surface area contributed by atoms with Gasteiger partial charge in [-0.2, -0.15) is 0 Å². The summed E-state index contributed by atoms with van der Waals surface area (Å²) in [6.45, 7) is 1.87. The summed E-state index contributed by atoms with van der Waals surface area (Å²) in [5.41, 5.74) is 2.90. The van der Waals surface area contributed by atoms with Crippen molar-refractivity contribution in [2.45, 2.75) is 13.3 Å². The van der Waals surface area contributed by atoms with Crippen molar-refractivity contribution >= 4 is 24.0 Å². The van der Waals surface area contributed by atoms with Gasteiger partial charge < -0.3 is 5.32 Å². The summed E-state index contributed by atoms with van der Waals surface area (Å²) in [6.07, 6.45) is 4.76. The number of carbonyl (C=O) groups is 2. The van der Waals surface area contributed by atoms with Gasteiger partial charge in [0.2, 0.25) is 5.91 Å². The van der Waals surface area contributed by atoms with Crippen LogP contribution in [0.25, 0.3) is 6.08 Å². The van der Waals surface area contributed by atoms with Crippen molar-refractivity contribution < 1.29 is 9.59 Å². The Morgan fingerprint density at radius 3 is 2.52 bits per heavy atom. The lowest BCUT2D eigenvalue weighted by Gasteiger charge is -2.10. The van der Waals surface area contributed by atoms with E-state index in [9.17, 15) is 9.59 Å². The highest BCUT2D eigenvalue weighted by molar-refractivity contribution is 5.97. The van der Waals surface area contributed by atoms with E-state index in [0.717, 1.165) is 17.4 Å². The summed E-state index contributed by atoms with van der Waals surface area (Å²) in [5.74, 6) is -0.102. The number of amides is 1. The fourth-order valence-electron chi connectivity index (χ4n) is 2.12. The smallest absolute Gasteiger partial charge is 0.228 e. The molecule has 0 spiro atoms. The van der Waals surface area contributed by atoms with Crippen LogP contribution < -0.4 is 5.32 Å². The quantitative estimate of drug-likeness (QED) is 0.848. The van der Waals surface area contributed by atoms with E-state index in [2.05, 4.69) is 5.32 Å². The molecule has 3 heteroatoms. The molecule has 0 radical (unpaired) electrons. The number of aldehydes is 1. The van der Waals surface area contributed by atoms with Crippen LogP contribution in [0.2, 0.25) is 0 Å². The maximum absolute atomic E-state index is 12.1. The van der Waals surface area contributed by atoms with Crippen LogP contribution in [-0.2, 0) is 11.2 Å². The third-order valence-corrected chi connectivity index (χ3v) is 3.08. The van der Waals surface area contributed by atoms with E-state index in [1.54, 1.807) is 18.2 Å². The van der Waals surface area contributed by atoms with Crippen molar-refractivity contribution in [3.05, 3.63) is 71.3 Å². The Labute approximate surface area is 124 Å². The average Bonchev–Trinajstić information content (AvgIpc) is 2.50. The minimum absolute atomic E-state index is 0.102. The highest BCUT2D eigenvalue weighted by Crippen LogP contribution is 2.21. The van der Waals surface area contributed by atoms with Gasteiger partial charge in [-0.05, 0) is 18.6 Å². The molecule has 1 amide bonds. The topological polar surface area (TPSA) is 46.2 Å². The average molecular weight is 279 g/mol. The normalized spacial score (nSPS) is 10.5. The second-order valence-electron chi connectivity index (χ2n) is 4.64. The lowest BCUT2D eigenvalue weighted by molar-refractivity contribution is -0.115. The fraction of sp³-hybridized carbons (Fsp3) is 0.111. The number of rotatable bonds is 5. The molecule has 1 N–H and O–H groups in total. The molecule has 2 aromatic carbocycles. The first kappa shape index (κ1) is 14.7. The van der Waals surface area contributed by atoms with Crippen molar-refractivity contribution in [2.24, 2.45) is 0 Å². The van der Waals surface area contributed by atoms with Crippen LogP contribution in [-0.4, -0.2) is 12.2 Å². The van der Waals surface area contributed by atoms with Crippen LogP contribution in [0.15, 0.2) is 54.6 Å². The standard InChI is InChI=1S/C18H17NO2/c1-2-7-16-15(13-20)10-6-11-17(16)19-18(21)12-14-8-4-3-5-9-14/h2-11,13H,12H2,1H3,(H,19,21)/b7-2-. The Morgan fingerprint density at radius 1 is 1.10 bits per heavy atom. The SMILES string of the molecule is C/C=C\c1c(C=O)cccc1NC(=O)Cc1ccccc1. The largest absolute Gasteiger partial charge is 0.325 e. The molecule has 0 fully saturated rings. The molecule has 2 aromatic rings. The summed E-state index contributed by atoms with van der Waals surface area (Å²) >= 11 is 0. The first-order valence-electron chi connectivity index (χ1n) is 6.79. The van der Waals surface area contributed by atoms with Crippen molar-refractivity contribution in [1.29, 1.82) is 0 Å². The van der Waals surface area contributed by atoms with Gasteiger partial charge in [-0.1, -0.05) is 54.6 Å². The molecule has 3 nitrogen and oxygen atoms in total. The highest BCUT2D eigenvalue weighted by Gasteiger charge is 2.09. The second-order valence-corrected chi connectivity index (χ2v) is 4.64. The van der Waals surface area contributed by atoms with Gasteiger partial charge >= 0.3 is 0 Å². The summed E-state index contributed by atoms with van der Waals surface area (Å²) in [5, 5.41) is 2.87. The van der Waals surface area contributed by atoms with E-state index >= 15 is 0 Å². The van der Waals surface area contributed by atoms with E-state index < -0.39 is 0 Å². The number of nitrogens with one attached hydrogen (secondary N) is 1. The Balaban J connectivity index is 2.19. The molecule has 0 bridgehead atoms. The molecular formula is C18H17NO2. The van der Waals surface area contributed by atoms with Gasteiger partial charge in [0.15, 0.2) is 6.29 Å². The van der Waals surface area contributed by atoms with E-state index in [0.29, 0.717) is 17.7 Å². The molecule has 0 aliphatic heterocycles. The Bertz CT molecular complexity index is 660. The lowest BCUT2D eigenvalue weighted by atomic mass is 10.1. The van der Waals surface area contributed by atoms with Crippen molar-refractivity contribution in [1.82, 2.24) is 0 Å². The van der Waals surface area contributed by atoms with Crippen molar-refractivity contribution in [3.8, 4) is 0 Å². The molecule has 0 saturated carbocycles. The lowest BCUT2D eigenvalue weighted by Crippen LogP contribution is -2.15. The van der Waals surface area contributed by atoms with E-state index in [-0.39, 0.29) is 5.91 Å². The van der Waals surface area contributed by atoms with Crippen LogP contribution in [0.5, 0.6) is 0 Å². The number of anilines is 1. The summed E-state index contributed by atoms with van der Waals surface area (Å²) in [7, 11) is 0. The minimum atomic E-state index is -0.102. The zero-order chi connectivity index (χ0) is 15.1. The Kier molecular flexibility index (Phi) is 5.04. The number of hydrogen-bond donors (Lipinski definition) is 1. The molecular weight excluding hydrogens is 262 g/mol. The van der Waals surface area contributed by atoms with Gasteiger partial charge in [0.05, 0.1) is 6.42 Å². The molecule has 0 aliphatic carbocycles. The molecule has 21 heavy (non-hydrogen) atoms. The van der Waals surface area contributed by atoms with E-state index in [4.69, 9.17) is 0 Å². The van der Waals surface area contributed by atoms with Gasteiger partial charge in [-0.3, -0.25) is 9.59 Å². The Morgan fingerprint density at radius 2 is 1.86 bits per heavy atom.